The first-order chi connectivity index (χ1) is 9.70. The third kappa shape index (κ3) is 2.98. The predicted octanol–water partition coefficient (Wildman–Crippen LogP) is 3.89. The Balaban J connectivity index is 1.63. The lowest BCUT2D eigenvalue weighted by atomic mass is 10.3. The molecule has 5 heteroatoms. The smallest absolute Gasteiger partial charge is 0.128 e. The van der Waals surface area contributed by atoms with Gasteiger partial charge in [0.1, 0.15) is 11.6 Å². The fourth-order valence-corrected chi connectivity index (χ4v) is 2.69. The Morgan fingerprint density at radius 2 is 1.85 bits per heavy atom. The zero-order valence-corrected chi connectivity index (χ0v) is 11.1. The highest BCUT2D eigenvalue weighted by Crippen LogP contribution is 2.28. The minimum absolute atomic E-state index is 0.429. The Bertz CT molecular complexity index is 568. The first-order valence-electron chi connectivity index (χ1n) is 6.95. The number of halogens is 2. The summed E-state index contributed by atoms with van der Waals surface area (Å²) < 4.78 is 28.1. The minimum atomic E-state index is -0.580. The number of anilines is 1. The fourth-order valence-electron chi connectivity index (χ4n) is 2.69. The van der Waals surface area contributed by atoms with Gasteiger partial charge in [-0.15, -0.1) is 0 Å². The van der Waals surface area contributed by atoms with E-state index in [9.17, 15) is 8.78 Å². The summed E-state index contributed by atoms with van der Waals surface area (Å²) in [5, 5.41) is 7.51. The molecule has 0 unspecified atom stereocenters. The van der Waals surface area contributed by atoms with Gasteiger partial charge in [0.05, 0.1) is 18.3 Å². The van der Waals surface area contributed by atoms with E-state index < -0.39 is 11.6 Å². The van der Waals surface area contributed by atoms with Crippen LogP contribution in [-0.2, 0) is 6.54 Å². The average Bonchev–Trinajstić information content (AvgIpc) is 3.06. The van der Waals surface area contributed by atoms with Crippen molar-refractivity contribution >= 4 is 5.69 Å². The fraction of sp³-hybridized carbons (Fsp3) is 0.400. The number of hydrogen-bond acceptors (Lipinski definition) is 2. The van der Waals surface area contributed by atoms with Crippen LogP contribution in [-0.4, -0.2) is 9.78 Å². The molecule has 1 aliphatic carbocycles. The SMILES string of the molecule is Fc1cc(F)cc(NCc2ccn(C3CCCC3)n2)c1. The van der Waals surface area contributed by atoms with Gasteiger partial charge in [-0.3, -0.25) is 4.68 Å². The van der Waals surface area contributed by atoms with E-state index in [4.69, 9.17) is 0 Å². The molecular formula is C15H17F2N3. The topological polar surface area (TPSA) is 29.9 Å². The molecule has 1 saturated carbocycles. The summed E-state index contributed by atoms with van der Waals surface area (Å²) in [7, 11) is 0. The standard InChI is InChI=1S/C15H17F2N3/c16-11-7-12(17)9-14(8-11)18-10-13-5-6-20(19-13)15-3-1-2-4-15/h5-9,15,18H,1-4,10H2. The summed E-state index contributed by atoms with van der Waals surface area (Å²) >= 11 is 0. The van der Waals surface area contributed by atoms with Crippen LogP contribution in [0.2, 0.25) is 0 Å². The van der Waals surface area contributed by atoms with Crippen LogP contribution < -0.4 is 5.32 Å². The molecule has 0 amide bonds. The number of nitrogens with one attached hydrogen (secondary N) is 1. The Kier molecular flexibility index (Phi) is 3.67. The number of nitrogens with zero attached hydrogens (tertiary/aromatic N) is 2. The lowest BCUT2D eigenvalue weighted by molar-refractivity contribution is 0.463. The number of aromatic nitrogens is 2. The number of benzene rings is 1. The molecule has 2 aromatic rings. The molecule has 1 aromatic carbocycles. The van der Waals surface area contributed by atoms with E-state index in [0.29, 0.717) is 18.3 Å². The third-order valence-corrected chi connectivity index (χ3v) is 3.70. The monoisotopic (exact) mass is 277 g/mol. The van der Waals surface area contributed by atoms with Crippen LogP contribution in [0.4, 0.5) is 14.5 Å². The van der Waals surface area contributed by atoms with Gasteiger partial charge in [0, 0.05) is 18.0 Å². The summed E-state index contributed by atoms with van der Waals surface area (Å²) in [6, 6.07) is 5.87. The average molecular weight is 277 g/mol. The molecule has 1 aromatic heterocycles. The van der Waals surface area contributed by atoms with Crippen LogP contribution in [0.1, 0.15) is 37.4 Å². The Morgan fingerprint density at radius 3 is 2.55 bits per heavy atom. The molecule has 0 radical (unpaired) electrons. The van der Waals surface area contributed by atoms with Crippen molar-refractivity contribution in [3.05, 3.63) is 47.8 Å². The van der Waals surface area contributed by atoms with Crippen LogP contribution >= 0.6 is 0 Å². The van der Waals surface area contributed by atoms with E-state index >= 15 is 0 Å². The molecule has 1 aliphatic rings. The van der Waals surface area contributed by atoms with Gasteiger partial charge in [0.25, 0.3) is 0 Å². The normalized spacial score (nSPS) is 15.7. The molecule has 0 saturated heterocycles. The summed E-state index contributed by atoms with van der Waals surface area (Å²) in [5.41, 5.74) is 1.31. The highest BCUT2D eigenvalue weighted by molar-refractivity contribution is 5.43. The molecule has 0 bridgehead atoms. The molecule has 1 heterocycles. The summed E-state index contributed by atoms with van der Waals surface area (Å²) in [6.45, 7) is 0.461. The van der Waals surface area contributed by atoms with Crippen molar-refractivity contribution < 1.29 is 8.78 Å². The maximum Gasteiger partial charge on any atom is 0.128 e. The minimum Gasteiger partial charge on any atom is -0.379 e. The van der Waals surface area contributed by atoms with Gasteiger partial charge < -0.3 is 5.32 Å². The van der Waals surface area contributed by atoms with Crippen LogP contribution in [0.3, 0.4) is 0 Å². The van der Waals surface area contributed by atoms with Crippen molar-refractivity contribution in [1.29, 1.82) is 0 Å². The summed E-state index contributed by atoms with van der Waals surface area (Å²) in [4.78, 5) is 0. The second-order valence-corrected chi connectivity index (χ2v) is 5.24. The van der Waals surface area contributed by atoms with Gasteiger partial charge >= 0.3 is 0 Å². The van der Waals surface area contributed by atoms with E-state index in [1.54, 1.807) is 0 Å². The van der Waals surface area contributed by atoms with Crippen LogP contribution in [0.25, 0.3) is 0 Å². The van der Waals surface area contributed by atoms with Gasteiger partial charge in [-0.25, -0.2) is 8.78 Å². The highest BCUT2D eigenvalue weighted by atomic mass is 19.1. The van der Waals surface area contributed by atoms with E-state index in [1.165, 1.54) is 37.8 Å². The van der Waals surface area contributed by atoms with E-state index in [-0.39, 0.29) is 0 Å². The van der Waals surface area contributed by atoms with Gasteiger partial charge in [-0.2, -0.15) is 5.10 Å². The van der Waals surface area contributed by atoms with Crippen molar-refractivity contribution in [2.75, 3.05) is 5.32 Å². The van der Waals surface area contributed by atoms with Gasteiger partial charge in [0.15, 0.2) is 0 Å². The van der Waals surface area contributed by atoms with Gasteiger partial charge in [-0.05, 0) is 31.0 Å². The quantitative estimate of drug-likeness (QED) is 0.919. The lowest BCUT2D eigenvalue weighted by Crippen LogP contribution is -2.07. The Morgan fingerprint density at radius 1 is 1.15 bits per heavy atom. The largest absolute Gasteiger partial charge is 0.379 e. The lowest BCUT2D eigenvalue weighted by Gasteiger charge is -2.09. The molecular weight excluding hydrogens is 260 g/mol. The molecule has 106 valence electrons. The zero-order valence-electron chi connectivity index (χ0n) is 11.1. The van der Waals surface area contributed by atoms with Crippen molar-refractivity contribution in [2.45, 2.75) is 38.3 Å². The van der Waals surface area contributed by atoms with Crippen molar-refractivity contribution in [1.82, 2.24) is 9.78 Å². The van der Waals surface area contributed by atoms with Crippen LogP contribution in [0.5, 0.6) is 0 Å². The molecule has 0 spiro atoms. The third-order valence-electron chi connectivity index (χ3n) is 3.70. The number of hydrogen-bond donors (Lipinski definition) is 1. The zero-order chi connectivity index (χ0) is 13.9. The summed E-state index contributed by atoms with van der Waals surface area (Å²) in [6.07, 6.45) is 6.88. The first kappa shape index (κ1) is 13.1. The van der Waals surface area contributed by atoms with Crippen LogP contribution in [0.15, 0.2) is 30.5 Å². The predicted molar refractivity (Wildman–Crippen MR) is 73.4 cm³/mol. The molecule has 0 aliphatic heterocycles. The number of rotatable bonds is 4. The first-order valence-corrected chi connectivity index (χ1v) is 6.95. The second kappa shape index (κ2) is 5.61. The van der Waals surface area contributed by atoms with Crippen molar-refractivity contribution in [3.8, 4) is 0 Å². The molecule has 1 fully saturated rings. The molecule has 1 N–H and O–H groups in total. The Hall–Kier alpha value is -1.91. The van der Waals surface area contributed by atoms with Crippen LogP contribution in [0, 0.1) is 11.6 Å². The maximum atomic E-state index is 13.1. The van der Waals surface area contributed by atoms with E-state index in [2.05, 4.69) is 10.4 Å². The van der Waals surface area contributed by atoms with E-state index in [1.807, 2.05) is 16.9 Å². The van der Waals surface area contributed by atoms with Gasteiger partial charge in [-0.1, -0.05) is 12.8 Å². The molecule has 3 rings (SSSR count). The maximum absolute atomic E-state index is 13.1. The highest BCUT2D eigenvalue weighted by Gasteiger charge is 2.17. The molecule has 20 heavy (non-hydrogen) atoms. The molecule has 3 nitrogen and oxygen atoms in total. The molecule has 0 atom stereocenters. The second-order valence-electron chi connectivity index (χ2n) is 5.24. The van der Waals surface area contributed by atoms with Crippen molar-refractivity contribution in [3.63, 3.8) is 0 Å². The summed E-state index contributed by atoms with van der Waals surface area (Å²) in [5.74, 6) is -1.16. The van der Waals surface area contributed by atoms with E-state index in [0.717, 1.165) is 11.8 Å². The Labute approximate surface area is 116 Å². The van der Waals surface area contributed by atoms with Gasteiger partial charge in [0.2, 0.25) is 0 Å². The van der Waals surface area contributed by atoms with Crippen molar-refractivity contribution in [2.24, 2.45) is 0 Å².